The van der Waals surface area contributed by atoms with Crippen LogP contribution in [-0.4, -0.2) is 29.1 Å². The van der Waals surface area contributed by atoms with Gasteiger partial charge in [0.1, 0.15) is 10.8 Å². The number of hydrogen-bond donors (Lipinski definition) is 2. The topological polar surface area (TPSA) is 93.2 Å². The lowest BCUT2D eigenvalue weighted by Crippen LogP contribution is -2.13. The van der Waals surface area contributed by atoms with Gasteiger partial charge in [-0.1, -0.05) is 40.6 Å². The molecule has 150 valence electrons. The fraction of sp³-hybridized carbons (Fsp3) is 0.200. The Bertz CT molecular complexity index is 1020. The van der Waals surface area contributed by atoms with Gasteiger partial charge >= 0.3 is 0 Å². The van der Waals surface area contributed by atoms with Crippen LogP contribution in [-0.2, 0) is 11.2 Å². The van der Waals surface area contributed by atoms with Crippen molar-refractivity contribution >= 4 is 46.1 Å². The molecule has 0 saturated carbocycles. The van der Waals surface area contributed by atoms with Gasteiger partial charge in [-0.05, 0) is 37.3 Å². The number of carbonyl (C=O) groups is 2. The molecule has 0 radical (unpaired) electrons. The largest absolute Gasteiger partial charge is 0.495 e. The number of hydrogen-bond acceptors (Lipinski definition) is 6. The highest BCUT2D eigenvalue weighted by molar-refractivity contribution is 7.13. The average Bonchev–Trinajstić information content (AvgIpc) is 3.18. The van der Waals surface area contributed by atoms with Crippen LogP contribution >= 0.6 is 22.9 Å². The quantitative estimate of drug-likeness (QED) is 0.581. The van der Waals surface area contributed by atoms with E-state index in [0.717, 1.165) is 16.9 Å². The molecular weight excluding hydrogens is 412 g/mol. The molecule has 1 heterocycles. The van der Waals surface area contributed by atoms with E-state index in [-0.39, 0.29) is 23.2 Å². The Morgan fingerprint density at radius 1 is 1.10 bits per heavy atom. The van der Waals surface area contributed by atoms with E-state index in [1.807, 2.05) is 31.2 Å². The summed E-state index contributed by atoms with van der Waals surface area (Å²) < 4.78 is 5.21. The number of halogens is 1. The van der Waals surface area contributed by atoms with E-state index < -0.39 is 0 Å². The van der Waals surface area contributed by atoms with Crippen LogP contribution in [0, 0.1) is 6.92 Å². The molecule has 0 unspecified atom stereocenters. The fourth-order valence-electron chi connectivity index (χ4n) is 2.48. The van der Waals surface area contributed by atoms with Crippen molar-refractivity contribution in [3.63, 3.8) is 0 Å². The third-order valence-corrected chi connectivity index (χ3v) is 5.19. The maximum Gasteiger partial charge on any atom is 0.286 e. The monoisotopic (exact) mass is 430 g/mol. The van der Waals surface area contributed by atoms with Gasteiger partial charge in [0, 0.05) is 23.6 Å². The summed E-state index contributed by atoms with van der Waals surface area (Å²) in [6, 6.07) is 12.5. The number of carbonyl (C=O) groups excluding carboxylic acids is 2. The maximum absolute atomic E-state index is 12.3. The number of nitrogens with zero attached hydrogens (tertiary/aromatic N) is 2. The second-order valence-corrected chi connectivity index (χ2v) is 7.71. The number of methoxy groups -OCH3 is 1. The second-order valence-electron chi connectivity index (χ2n) is 6.21. The first-order chi connectivity index (χ1) is 13.9. The molecule has 0 fully saturated rings. The zero-order valence-corrected chi connectivity index (χ0v) is 17.4. The normalized spacial score (nSPS) is 10.4. The number of ether oxygens (including phenoxy) is 1. The molecule has 0 atom stereocenters. The number of nitrogens with one attached hydrogen (secondary N) is 2. The summed E-state index contributed by atoms with van der Waals surface area (Å²) >= 11 is 7.13. The van der Waals surface area contributed by atoms with Gasteiger partial charge in [0.2, 0.25) is 10.9 Å². The summed E-state index contributed by atoms with van der Waals surface area (Å²) in [5.41, 5.74) is 2.29. The minimum Gasteiger partial charge on any atom is -0.495 e. The highest BCUT2D eigenvalue weighted by Gasteiger charge is 2.15. The van der Waals surface area contributed by atoms with Crippen LogP contribution in [0.25, 0.3) is 0 Å². The van der Waals surface area contributed by atoms with E-state index in [0.29, 0.717) is 33.6 Å². The number of anilines is 2. The molecule has 2 amide bonds. The van der Waals surface area contributed by atoms with Gasteiger partial charge in [-0.25, -0.2) is 0 Å². The van der Waals surface area contributed by atoms with Gasteiger partial charge in [-0.2, -0.15) is 0 Å². The summed E-state index contributed by atoms with van der Waals surface area (Å²) in [4.78, 5) is 24.5. The number of aryl methyl sites for hydroxylation is 2. The molecular formula is C20H19ClN4O3S. The van der Waals surface area contributed by atoms with Gasteiger partial charge in [0.05, 0.1) is 12.8 Å². The molecule has 1 aromatic heterocycles. The summed E-state index contributed by atoms with van der Waals surface area (Å²) in [6.07, 6.45) is 0.550. The smallest absolute Gasteiger partial charge is 0.286 e. The number of benzene rings is 2. The van der Waals surface area contributed by atoms with E-state index in [4.69, 9.17) is 16.3 Å². The van der Waals surface area contributed by atoms with Gasteiger partial charge in [0.25, 0.3) is 5.91 Å². The van der Waals surface area contributed by atoms with Crippen molar-refractivity contribution in [2.75, 3.05) is 17.7 Å². The molecule has 0 saturated heterocycles. The third kappa shape index (κ3) is 5.75. The van der Waals surface area contributed by atoms with E-state index >= 15 is 0 Å². The number of aromatic nitrogens is 2. The summed E-state index contributed by atoms with van der Waals surface area (Å²) in [6.45, 7) is 1.97. The number of amides is 2. The lowest BCUT2D eigenvalue weighted by atomic mass is 10.2. The molecule has 0 aliphatic carbocycles. The van der Waals surface area contributed by atoms with Crippen LogP contribution in [0.3, 0.4) is 0 Å². The molecule has 2 aromatic carbocycles. The van der Waals surface area contributed by atoms with Crippen LogP contribution in [0.15, 0.2) is 42.5 Å². The van der Waals surface area contributed by atoms with Crippen molar-refractivity contribution in [2.24, 2.45) is 0 Å². The maximum atomic E-state index is 12.3. The minimum absolute atomic E-state index is 0.184. The molecule has 29 heavy (non-hydrogen) atoms. The molecule has 9 heteroatoms. The molecule has 3 aromatic rings. The van der Waals surface area contributed by atoms with Gasteiger partial charge in [-0.15, -0.1) is 10.2 Å². The summed E-state index contributed by atoms with van der Waals surface area (Å²) in [5, 5.41) is 14.8. The van der Waals surface area contributed by atoms with Crippen molar-refractivity contribution in [3.8, 4) is 5.75 Å². The van der Waals surface area contributed by atoms with Crippen LogP contribution in [0.1, 0.15) is 26.8 Å². The average molecular weight is 431 g/mol. The Hall–Kier alpha value is -2.97. The number of rotatable bonds is 7. The fourth-order valence-corrected chi connectivity index (χ4v) is 3.39. The van der Waals surface area contributed by atoms with Crippen molar-refractivity contribution in [1.29, 1.82) is 0 Å². The predicted molar refractivity (Wildman–Crippen MR) is 114 cm³/mol. The Kier molecular flexibility index (Phi) is 6.79. The first-order valence-corrected chi connectivity index (χ1v) is 9.98. The first kappa shape index (κ1) is 20.8. The molecule has 0 bridgehead atoms. The SMILES string of the molecule is COc1ccc(Cl)cc1NC(=O)CCc1nnc(C(=O)Nc2ccc(C)cc2)s1. The zero-order valence-electron chi connectivity index (χ0n) is 15.9. The summed E-state index contributed by atoms with van der Waals surface area (Å²) in [7, 11) is 1.52. The molecule has 3 rings (SSSR count). The molecule has 7 nitrogen and oxygen atoms in total. The van der Waals surface area contributed by atoms with Crippen molar-refractivity contribution < 1.29 is 14.3 Å². The van der Waals surface area contributed by atoms with Crippen LogP contribution in [0.5, 0.6) is 5.75 Å². The summed E-state index contributed by atoms with van der Waals surface area (Å²) in [5.74, 6) is -0.0223. The van der Waals surface area contributed by atoms with E-state index in [1.165, 1.54) is 7.11 Å². The molecule has 0 spiro atoms. The van der Waals surface area contributed by atoms with E-state index in [2.05, 4.69) is 20.8 Å². The predicted octanol–water partition coefficient (Wildman–Crippen LogP) is 4.33. The van der Waals surface area contributed by atoms with Crippen molar-refractivity contribution in [1.82, 2.24) is 10.2 Å². The van der Waals surface area contributed by atoms with Crippen LogP contribution in [0.2, 0.25) is 5.02 Å². The standard InChI is InChI=1S/C20H19ClN4O3S/c1-12-3-6-14(7-4-12)22-19(27)20-25-24-18(29-20)10-9-17(26)23-15-11-13(21)5-8-16(15)28-2/h3-8,11H,9-10H2,1-2H3,(H,22,27)(H,23,26). The molecule has 2 N–H and O–H groups in total. The first-order valence-electron chi connectivity index (χ1n) is 8.78. The Labute approximate surface area is 177 Å². The zero-order chi connectivity index (χ0) is 20.8. The van der Waals surface area contributed by atoms with Crippen molar-refractivity contribution in [3.05, 3.63) is 63.1 Å². The highest BCUT2D eigenvalue weighted by Crippen LogP contribution is 2.27. The Morgan fingerprint density at radius 3 is 2.59 bits per heavy atom. The lowest BCUT2D eigenvalue weighted by Gasteiger charge is -2.10. The second kappa shape index (κ2) is 9.49. The van der Waals surface area contributed by atoms with Crippen molar-refractivity contribution in [2.45, 2.75) is 19.8 Å². The van der Waals surface area contributed by atoms with Crippen LogP contribution in [0.4, 0.5) is 11.4 Å². The Balaban J connectivity index is 1.55. The Morgan fingerprint density at radius 2 is 1.86 bits per heavy atom. The molecule has 0 aliphatic rings. The van der Waals surface area contributed by atoms with Gasteiger partial charge in [-0.3, -0.25) is 9.59 Å². The van der Waals surface area contributed by atoms with Gasteiger partial charge in [0.15, 0.2) is 0 Å². The molecule has 0 aliphatic heterocycles. The van der Waals surface area contributed by atoms with Crippen LogP contribution < -0.4 is 15.4 Å². The van der Waals surface area contributed by atoms with E-state index in [1.54, 1.807) is 18.2 Å². The minimum atomic E-state index is -0.328. The third-order valence-electron chi connectivity index (χ3n) is 3.97. The highest BCUT2D eigenvalue weighted by atomic mass is 35.5. The van der Waals surface area contributed by atoms with Gasteiger partial charge < -0.3 is 15.4 Å². The lowest BCUT2D eigenvalue weighted by molar-refractivity contribution is -0.116. The van der Waals surface area contributed by atoms with E-state index in [9.17, 15) is 9.59 Å².